The summed E-state index contributed by atoms with van der Waals surface area (Å²) in [6.07, 6.45) is 3.29. The molecule has 0 aliphatic carbocycles. The molecular formula is C27H27FN4O2. The number of anilines is 1. The summed E-state index contributed by atoms with van der Waals surface area (Å²) in [6.45, 7) is 4.39. The largest absolute Gasteiger partial charge is 0.463 e. The van der Waals surface area contributed by atoms with Gasteiger partial charge in [-0.25, -0.2) is 9.07 Å². The van der Waals surface area contributed by atoms with E-state index in [0.717, 1.165) is 19.3 Å². The van der Waals surface area contributed by atoms with Gasteiger partial charge in [0.15, 0.2) is 5.82 Å². The van der Waals surface area contributed by atoms with E-state index in [1.54, 1.807) is 42.5 Å². The predicted molar refractivity (Wildman–Crippen MR) is 131 cm³/mol. The SMILES string of the molecule is CCCCc1ccc(C(=O)Nc2ccc(-n3nc(OCC)nc3-c3ccccc3F)cc2)cc1. The average molecular weight is 459 g/mol. The molecule has 0 fully saturated rings. The van der Waals surface area contributed by atoms with Gasteiger partial charge in [-0.15, -0.1) is 5.10 Å². The molecule has 174 valence electrons. The van der Waals surface area contributed by atoms with Crippen LogP contribution in [-0.2, 0) is 6.42 Å². The number of nitrogens with one attached hydrogen (secondary N) is 1. The number of amides is 1. The maximum absolute atomic E-state index is 14.5. The van der Waals surface area contributed by atoms with Crippen LogP contribution in [0.3, 0.4) is 0 Å². The monoisotopic (exact) mass is 458 g/mol. The number of benzene rings is 3. The number of unbranched alkanes of at least 4 members (excludes halogenated alkanes) is 1. The second-order valence-corrected chi connectivity index (χ2v) is 7.84. The summed E-state index contributed by atoms with van der Waals surface area (Å²) < 4.78 is 21.4. The standard InChI is InChI=1S/C27H27FN4O2/c1-3-5-8-19-11-13-20(14-12-19)26(33)29-21-15-17-22(18-16-21)32-25(30-27(31-32)34-4-2)23-9-6-7-10-24(23)28/h6-7,9-18H,3-5,8H2,1-2H3,(H,29,33). The van der Waals surface area contributed by atoms with Gasteiger partial charge in [-0.3, -0.25) is 4.79 Å². The minimum atomic E-state index is -0.399. The first-order chi connectivity index (χ1) is 16.6. The topological polar surface area (TPSA) is 69.0 Å². The van der Waals surface area contributed by atoms with Gasteiger partial charge in [-0.2, -0.15) is 4.98 Å². The Kier molecular flexibility index (Phi) is 7.32. The number of ether oxygens (including phenoxy) is 1. The number of hydrogen-bond donors (Lipinski definition) is 1. The molecular weight excluding hydrogens is 431 g/mol. The van der Waals surface area contributed by atoms with Gasteiger partial charge in [0.05, 0.1) is 17.9 Å². The van der Waals surface area contributed by atoms with Gasteiger partial charge in [-0.1, -0.05) is 37.6 Å². The van der Waals surface area contributed by atoms with Gasteiger partial charge in [0.2, 0.25) is 0 Å². The van der Waals surface area contributed by atoms with E-state index in [1.807, 2.05) is 31.2 Å². The van der Waals surface area contributed by atoms with E-state index in [0.29, 0.717) is 34.9 Å². The Labute approximate surface area is 198 Å². The predicted octanol–water partition coefficient (Wildman–Crippen LogP) is 6.07. The third kappa shape index (κ3) is 5.31. The zero-order valence-corrected chi connectivity index (χ0v) is 19.3. The van der Waals surface area contributed by atoms with Crippen LogP contribution in [0.15, 0.2) is 72.8 Å². The Balaban J connectivity index is 1.53. The van der Waals surface area contributed by atoms with Gasteiger partial charge >= 0.3 is 6.01 Å². The van der Waals surface area contributed by atoms with Crippen molar-refractivity contribution in [3.8, 4) is 23.1 Å². The van der Waals surface area contributed by atoms with Gasteiger partial charge in [0.1, 0.15) is 5.82 Å². The lowest BCUT2D eigenvalue weighted by atomic mass is 10.1. The Hall–Kier alpha value is -4.00. The lowest BCUT2D eigenvalue weighted by molar-refractivity contribution is 0.102. The summed E-state index contributed by atoms with van der Waals surface area (Å²) in [5.41, 5.74) is 3.45. The van der Waals surface area contributed by atoms with E-state index in [1.165, 1.54) is 16.3 Å². The molecule has 0 aliphatic heterocycles. The number of carbonyl (C=O) groups is 1. The molecule has 0 saturated heterocycles. The number of aromatic nitrogens is 3. The van der Waals surface area contributed by atoms with Gasteiger partial charge < -0.3 is 10.1 Å². The molecule has 0 bridgehead atoms. The molecule has 0 spiro atoms. The lowest BCUT2D eigenvalue weighted by Gasteiger charge is -2.09. The van der Waals surface area contributed by atoms with E-state index in [-0.39, 0.29) is 11.9 Å². The van der Waals surface area contributed by atoms with Crippen molar-refractivity contribution in [2.24, 2.45) is 0 Å². The Morgan fingerprint density at radius 3 is 2.41 bits per heavy atom. The Morgan fingerprint density at radius 2 is 1.74 bits per heavy atom. The number of aryl methyl sites for hydroxylation is 1. The van der Waals surface area contributed by atoms with E-state index in [2.05, 4.69) is 22.3 Å². The minimum absolute atomic E-state index is 0.167. The quantitative estimate of drug-likeness (QED) is 0.331. The van der Waals surface area contributed by atoms with Crippen LogP contribution in [0.25, 0.3) is 17.1 Å². The number of carbonyl (C=O) groups excluding carboxylic acids is 1. The van der Waals surface area contributed by atoms with Crippen molar-refractivity contribution in [2.75, 3.05) is 11.9 Å². The van der Waals surface area contributed by atoms with E-state index < -0.39 is 5.82 Å². The van der Waals surface area contributed by atoms with Crippen LogP contribution in [0.2, 0.25) is 0 Å². The van der Waals surface area contributed by atoms with Crippen molar-refractivity contribution in [2.45, 2.75) is 33.1 Å². The first-order valence-electron chi connectivity index (χ1n) is 11.4. The van der Waals surface area contributed by atoms with E-state index in [4.69, 9.17) is 4.74 Å². The summed E-state index contributed by atoms with van der Waals surface area (Å²) in [6, 6.07) is 21.4. The maximum Gasteiger partial charge on any atom is 0.336 e. The van der Waals surface area contributed by atoms with Crippen LogP contribution < -0.4 is 10.1 Å². The van der Waals surface area contributed by atoms with Gasteiger partial charge in [0, 0.05) is 11.3 Å². The Bertz CT molecular complexity index is 1250. The normalized spacial score (nSPS) is 10.8. The molecule has 1 aromatic heterocycles. The number of nitrogens with zero attached hydrogens (tertiary/aromatic N) is 3. The van der Waals surface area contributed by atoms with Crippen molar-refractivity contribution in [1.82, 2.24) is 14.8 Å². The van der Waals surface area contributed by atoms with Crippen molar-refractivity contribution >= 4 is 11.6 Å². The van der Waals surface area contributed by atoms with Crippen molar-refractivity contribution < 1.29 is 13.9 Å². The Morgan fingerprint density at radius 1 is 1.00 bits per heavy atom. The van der Waals surface area contributed by atoms with Crippen LogP contribution in [0.5, 0.6) is 6.01 Å². The zero-order chi connectivity index (χ0) is 23.9. The molecule has 34 heavy (non-hydrogen) atoms. The number of halogens is 1. The molecule has 1 heterocycles. The molecule has 1 amide bonds. The molecule has 3 aromatic carbocycles. The zero-order valence-electron chi connectivity index (χ0n) is 19.3. The first-order valence-corrected chi connectivity index (χ1v) is 11.4. The average Bonchev–Trinajstić information content (AvgIpc) is 3.27. The highest BCUT2D eigenvalue weighted by atomic mass is 19.1. The van der Waals surface area contributed by atoms with Gasteiger partial charge in [0.25, 0.3) is 5.91 Å². The number of hydrogen-bond acceptors (Lipinski definition) is 4. The molecule has 4 aromatic rings. The highest BCUT2D eigenvalue weighted by Gasteiger charge is 2.17. The molecule has 4 rings (SSSR count). The fourth-order valence-corrected chi connectivity index (χ4v) is 3.57. The molecule has 1 N–H and O–H groups in total. The summed E-state index contributed by atoms with van der Waals surface area (Å²) in [5, 5.41) is 7.30. The fourth-order valence-electron chi connectivity index (χ4n) is 3.57. The van der Waals surface area contributed by atoms with Crippen molar-refractivity contribution in [3.05, 3.63) is 89.7 Å². The second kappa shape index (κ2) is 10.7. The molecule has 7 heteroatoms. The molecule has 0 aliphatic rings. The third-order valence-electron chi connectivity index (χ3n) is 5.38. The molecule has 0 saturated carbocycles. The third-order valence-corrected chi connectivity index (χ3v) is 5.38. The summed E-state index contributed by atoms with van der Waals surface area (Å²) >= 11 is 0. The summed E-state index contributed by atoms with van der Waals surface area (Å²) in [7, 11) is 0. The highest BCUT2D eigenvalue weighted by molar-refractivity contribution is 6.04. The number of rotatable bonds is 9. The van der Waals surface area contributed by atoms with Crippen molar-refractivity contribution in [1.29, 1.82) is 0 Å². The second-order valence-electron chi connectivity index (χ2n) is 7.84. The van der Waals surface area contributed by atoms with Crippen LogP contribution in [-0.4, -0.2) is 27.3 Å². The minimum Gasteiger partial charge on any atom is -0.463 e. The molecule has 0 radical (unpaired) electrons. The van der Waals surface area contributed by atoms with Crippen LogP contribution in [0, 0.1) is 5.82 Å². The lowest BCUT2D eigenvalue weighted by Crippen LogP contribution is -2.12. The van der Waals surface area contributed by atoms with Crippen LogP contribution >= 0.6 is 0 Å². The van der Waals surface area contributed by atoms with Crippen molar-refractivity contribution in [3.63, 3.8) is 0 Å². The maximum atomic E-state index is 14.5. The summed E-state index contributed by atoms with van der Waals surface area (Å²) in [5.74, 6) is -0.244. The molecule has 0 unspecified atom stereocenters. The first kappa shape index (κ1) is 23.2. The molecule has 0 atom stereocenters. The van der Waals surface area contributed by atoms with Gasteiger partial charge in [-0.05, 0) is 73.9 Å². The molecule has 6 nitrogen and oxygen atoms in total. The van der Waals surface area contributed by atoms with E-state index in [9.17, 15) is 9.18 Å². The van der Waals surface area contributed by atoms with E-state index >= 15 is 0 Å². The smallest absolute Gasteiger partial charge is 0.336 e. The summed E-state index contributed by atoms with van der Waals surface area (Å²) in [4.78, 5) is 17.0. The highest BCUT2D eigenvalue weighted by Crippen LogP contribution is 2.26. The van der Waals surface area contributed by atoms with Crippen LogP contribution in [0.4, 0.5) is 10.1 Å². The van der Waals surface area contributed by atoms with Crippen LogP contribution in [0.1, 0.15) is 42.6 Å². The fraction of sp³-hybridized carbons (Fsp3) is 0.222.